The molecule has 0 rings (SSSR count). The molecule has 0 saturated heterocycles. The van der Waals surface area contributed by atoms with E-state index < -0.39 is 14.9 Å². The first-order valence-corrected chi connectivity index (χ1v) is 3.43. The Morgan fingerprint density at radius 1 is 1.22 bits per heavy atom. The van der Waals surface area contributed by atoms with Crippen molar-refractivity contribution in [2.75, 3.05) is 0 Å². The fourth-order valence-corrected chi connectivity index (χ4v) is 0. The minimum absolute atomic E-state index is 0.417. The predicted molar refractivity (Wildman–Crippen MR) is 32.1 cm³/mol. The van der Waals surface area contributed by atoms with Crippen molar-refractivity contribution in [1.29, 1.82) is 0 Å². The van der Waals surface area contributed by atoms with Crippen LogP contribution in [0.2, 0.25) is 0 Å². The molecule has 9 heavy (non-hydrogen) atoms. The van der Waals surface area contributed by atoms with Gasteiger partial charge in [-0.2, -0.15) is 0 Å². The summed E-state index contributed by atoms with van der Waals surface area (Å²) in [5.74, 6) is 0. The average molecular weight is 158 g/mol. The van der Waals surface area contributed by atoms with E-state index in [2.05, 4.69) is 0 Å². The van der Waals surface area contributed by atoms with Crippen molar-refractivity contribution in [3.63, 3.8) is 0 Å². The normalized spacial score (nSPS) is 9.33. The molecule has 0 radical (unpaired) electrons. The number of aliphatic hydroxyl groups is 2. The highest BCUT2D eigenvalue weighted by molar-refractivity contribution is 7.38. The van der Waals surface area contributed by atoms with Crippen LogP contribution in [0.1, 0.15) is 13.3 Å². The van der Waals surface area contributed by atoms with Crippen molar-refractivity contribution >= 4 is 8.60 Å². The van der Waals surface area contributed by atoms with Crippen molar-refractivity contribution in [3.8, 4) is 0 Å². The summed E-state index contributed by atoms with van der Waals surface area (Å²) in [5.41, 5.74) is 0. The molecule has 0 aliphatic rings. The van der Waals surface area contributed by atoms with E-state index in [0.29, 0.717) is 6.42 Å². The van der Waals surface area contributed by atoms with Crippen molar-refractivity contribution < 1.29 is 24.9 Å². The Hall–Kier alpha value is 0.230. The largest absolute Gasteiger partial charge is 0.368 e. The SMILES string of the molecule is CCC(O)O.OP(O)O. The van der Waals surface area contributed by atoms with Gasteiger partial charge in [0.2, 0.25) is 0 Å². The molecule has 0 spiro atoms. The molecule has 58 valence electrons. The molecule has 0 aromatic carbocycles. The van der Waals surface area contributed by atoms with Crippen LogP contribution in [-0.2, 0) is 0 Å². The molecule has 5 N–H and O–H groups in total. The Bertz CT molecular complexity index is 44.7. The van der Waals surface area contributed by atoms with E-state index in [9.17, 15) is 0 Å². The van der Waals surface area contributed by atoms with Crippen LogP contribution in [0.3, 0.4) is 0 Å². The second-order valence-electron chi connectivity index (χ2n) is 1.16. The lowest BCUT2D eigenvalue weighted by molar-refractivity contribution is -0.0413. The Kier molecular flexibility index (Phi) is 10.9. The molecule has 0 saturated carbocycles. The van der Waals surface area contributed by atoms with Gasteiger partial charge in [-0.3, -0.25) is 0 Å². The smallest absolute Gasteiger partial charge is 0.324 e. The molecule has 0 heterocycles. The van der Waals surface area contributed by atoms with E-state index >= 15 is 0 Å². The molecule has 0 fully saturated rings. The van der Waals surface area contributed by atoms with Crippen LogP contribution in [0, 0.1) is 0 Å². The Labute approximate surface area is 54.2 Å². The first-order valence-electron chi connectivity index (χ1n) is 2.23. The van der Waals surface area contributed by atoms with Crippen LogP contribution >= 0.6 is 8.60 Å². The van der Waals surface area contributed by atoms with Gasteiger partial charge in [0.05, 0.1) is 0 Å². The third-order valence-corrected chi connectivity index (χ3v) is 0.365. The maximum Gasteiger partial charge on any atom is 0.324 e. The third kappa shape index (κ3) is 64.2. The third-order valence-electron chi connectivity index (χ3n) is 0.365. The molecule has 0 aromatic rings. The summed E-state index contributed by atoms with van der Waals surface area (Å²) in [4.78, 5) is 21.7. The van der Waals surface area contributed by atoms with Gasteiger partial charge in [0, 0.05) is 0 Å². The first-order chi connectivity index (χ1) is 4.00. The number of hydrogen-bond acceptors (Lipinski definition) is 5. The van der Waals surface area contributed by atoms with E-state index in [-0.39, 0.29) is 0 Å². The second kappa shape index (κ2) is 8.23. The predicted octanol–water partition coefficient (Wildman–Crippen LogP) is -1.10. The number of rotatable bonds is 1. The lowest BCUT2D eigenvalue weighted by Crippen LogP contribution is -1.99. The summed E-state index contributed by atoms with van der Waals surface area (Å²) in [6, 6.07) is 0. The van der Waals surface area contributed by atoms with Gasteiger partial charge in [0.1, 0.15) is 0 Å². The van der Waals surface area contributed by atoms with E-state index in [0.717, 1.165) is 0 Å². The summed E-state index contributed by atoms with van der Waals surface area (Å²) in [6.07, 6.45) is -0.699. The highest BCUT2D eigenvalue weighted by Crippen LogP contribution is 2.11. The minimum Gasteiger partial charge on any atom is -0.368 e. The van der Waals surface area contributed by atoms with Gasteiger partial charge >= 0.3 is 8.60 Å². The highest BCUT2D eigenvalue weighted by Gasteiger charge is 1.83. The van der Waals surface area contributed by atoms with Crippen LogP contribution in [0.5, 0.6) is 0 Å². The lowest BCUT2D eigenvalue weighted by Gasteiger charge is -1.90. The standard InChI is InChI=1S/C3H8O2.H3O3P/c1-2-3(4)5;1-4(2)3/h3-5H,2H2,1H3;1-3H. The molecule has 0 aromatic heterocycles. The summed E-state index contributed by atoms with van der Waals surface area (Å²) in [6.45, 7) is 1.70. The van der Waals surface area contributed by atoms with E-state index in [1.54, 1.807) is 6.92 Å². The summed E-state index contributed by atoms with van der Waals surface area (Å²) >= 11 is 0. The molecule has 6 heteroatoms. The topological polar surface area (TPSA) is 101 Å². The van der Waals surface area contributed by atoms with Crippen LogP contribution in [-0.4, -0.2) is 31.2 Å². The van der Waals surface area contributed by atoms with Crippen molar-refractivity contribution in [2.24, 2.45) is 0 Å². The highest BCUT2D eigenvalue weighted by atomic mass is 31.2. The van der Waals surface area contributed by atoms with Crippen molar-refractivity contribution in [2.45, 2.75) is 19.6 Å². The van der Waals surface area contributed by atoms with Gasteiger partial charge < -0.3 is 24.9 Å². The lowest BCUT2D eigenvalue weighted by atomic mass is 10.5. The van der Waals surface area contributed by atoms with Crippen LogP contribution in [0.4, 0.5) is 0 Å². The van der Waals surface area contributed by atoms with Crippen LogP contribution < -0.4 is 0 Å². The van der Waals surface area contributed by atoms with Gasteiger partial charge in [-0.05, 0) is 6.42 Å². The fourth-order valence-electron chi connectivity index (χ4n) is 0. The molecule has 5 nitrogen and oxygen atoms in total. The van der Waals surface area contributed by atoms with Gasteiger partial charge in [0.15, 0.2) is 6.29 Å². The molecule has 0 atom stereocenters. The zero-order valence-electron chi connectivity index (χ0n) is 4.97. The molecule has 0 amide bonds. The average Bonchev–Trinajstić information content (AvgIpc) is 1.65. The maximum atomic E-state index is 7.92. The van der Waals surface area contributed by atoms with Gasteiger partial charge in [-0.1, -0.05) is 6.92 Å². The minimum atomic E-state index is -2.62. The summed E-state index contributed by atoms with van der Waals surface area (Å²) < 4.78 is 0. The van der Waals surface area contributed by atoms with Gasteiger partial charge in [0.25, 0.3) is 0 Å². The summed E-state index contributed by atoms with van der Waals surface area (Å²) in [5, 5.41) is 15.8. The molecule has 0 bridgehead atoms. The number of hydrogen-bond donors (Lipinski definition) is 5. The van der Waals surface area contributed by atoms with E-state index in [1.807, 2.05) is 0 Å². The Morgan fingerprint density at radius 2 is 1.33 bits per heavy atom. The van der Waals surface area contributed by atoms with Gasteiger partial charge in [-0.25, -0.2) is 0 Å². The van der Waals surface area contributed by atoms with Crippen LogP contribution in [0.15, 0.2) is 0 Å². The zero-order valence-corrected chi connectivity index (χ0v) is 5.86. The number of aliphatic hydroxyl groups excluding tert-OH is 1. The molecule has 0 aliphatic carbocycles. The second-order valence-corrected chi connectivity index (χ2v) is 1.69. The van der Waals surface area contributed by atoms with E-state index in [4.69, 9.17) is 24.9 Å². The first kappa shape index (κ1) is 12.0. The molecular formula is C3H11O5P. The molecule has 0 aliphatic heterocycles. The molecular weight excluding hydrogens is 147 g/mol. The van der Waals surface area contributed by atoms with E-state index in [1.165, 1.54) is 0 Å². The van der Waals surface area contributed by atoms with Crippen molar-refractivity contribution in [3.05, 3.63) is 0 Å². The fraction of sp³-hybridized carbons (Fsp3) is 1.00. The molecule has 0 unspecified atom stereocenters. The summed E-state index contributed by atoms with van der Waals surface area (Å²) in [7, 11) is -2.62. The van der Waals surface area contributed by atoms with Crippen molar-refractivity contribution in [1.82, 2.24) is 0 Å². The van der Waals surface area contributed by atoms with Gasteiger partial charge in [-0.15, -0.1) is 0 Å². The Morgan fingerprint density at radius 3 is 1.33 bits per heavy atom. The zero-order chi connectivity index (χ0) is 7.86. The quantitative estimate of drug-likeness (QED) is 0.246. The maximum absolute atomic E-state index is 7.92. The van der Waals surface area contributed by atoms with Crippen LogP contribution in [0.25, 0.3) is 0 Å². The Balaban J connectivity index is 0. The monoisotopic (exact) mass is 158 g/mol.